The van der Waals surface area contributed by atoms with Gasteiger partial charge in [0.1, 0.15) is 5.76 Å². The fourth-order valence-electron chi connectivity index (χ4n) is 3.41. The van der Waals surface area contributed by atoms with E-state index in [0.29, 0.717) is 29.8 Å². The minimum absolute atomic E-state index is 0.136. The van der Waals surface area contributed by atoms with Gasteiger partial charge < -0.3 is 14.8 Å². The highest BCUT2D eigenvalue weighted by atomic mass is 16.4. The summed E-state index contributed by atoms with van der Waals surface area (Å²) in [5.41, 5.74) is 2.08. The third-order valence-corrected chi connectivity index (χ3v) is 5.19. The SMILES string of the molecule is Cc1oc(-c2ccc(C(C)C)cc2)nc1CC(=O)NCC1(O)CCCC1. The molecule has 1 amide bonds. The Kier molecular flexibility index (Phi) is 5.47. The molecule has 0 saturated heterocycles. The standard InChI is InChI=1S/C21H28N2O3/c1-14(2)16-6-8-17(9-7-16)20-23-18(15(3)26-20)12-19(24)22-13-21(25)10-4-5-11-21/h6-9,14,25H,4-5,10-13H2,1-3H3,(H,22,24). The molecule has 1 saturated carbocycles. The van der Waals surface area contributed by atoms with E-state index in [1.165, 1.54) is 5.56 Å². The molecule has 1 aliphatic rings. The molecule has 26 heavy (non-hydrogen) atoms. The zero-order valence-corrected chi connectivity index (χ0v) is 15.8. The van der Waals surface area contributed by atoms with Crippen LogP contribution in [0.4, 0.5) is 0 Å². The molecule has 1 heterocycles. The van der Waals surface area contributed by atoms with E-state index in [0.717, 1.165) is 31.2 Å². The van der Waals surface area contributed by atoms with E-state index >= 15 is 0 Å². The van der Waals surface area contributed by atoms with E-state index in [1.807, 2.05) is 19.1 Å². The third kappa shape index (κ3) is 4.33. The number of rotatable bonds is 6. The number of carbonyl (C=O) groups is 1. The van der Waals surface area contributed by atoms with Crippen molar-refractivity contribution in [3.05, 3.63) is 41.3 Å². The average Bonchev–Trinajstić information content (AvgIpc) is 3.20. The summed E-state index contributed by atoms with van der Waals surface area (Å²) in [5.74, 6) is 1.53. The first-order chi connectivity index (χ1) is 12.4. The molecule has 0 spiro atoms. The van der Waals surface area contributed by atoms with Gasteiger partial charge in [0.2, 0.25) is 11.8 Å². The van der Waals surface area contributed by atoms with Crippen molar-refractivity contribution in [2.45, 2.75) is 64.4 Å². The predicted molar refractivity (Wildman–Crippen MR) is 101 cm³/mol. The second-order valence-corrected chi connectivity index (χ2v) is 7.68. The molecular formula is C21H28N2O3. The second kappa shape index (κ2) is 7.62. The number of nitrogens with zero attached hydrogens (tertiary/aromatic N) is 1. The van der Waals surface area contributed by atoms with Crippen LogP contribution in [0.15, 0.2) is 28.7 Å². The molecule has 0 atom stereocenters. The Morgan fingerprint density at radius 2 is 1.92 bits per heavy atom. The highest BCUT2D eigenvalue weighted by molar-refractivity contribution is 5.78. The summed E-state index contributed by atoms with van der Waals surface area (Å²) in [4.78, 5) is 16.7. The Morgan fingerprint density at radius 3 is 2.54 bits per heavy atom. The maximum Gasteiger partial charge on any atom is 0.226 e. The zero-order chi connectivity index (χ0) is 18.7. The minimum Gasteiger partial charge on any atom is -0.441 e. The van der Waals surface area contributed by atoms with Crippen molar-refractivity contribution in [1.29, 1.82) is 0 Å². The van der Waals surface area contributed by atoms with Crippen LogP contribution >= 0.6 is 0 Å². The first-order valence-corrected chi connectivity index (χ1v) is 9.42. The minimum atomic E-state index is -0.738. The number of carbonyl (C=O) groups excluding carboxylic acids is 1. The van der Waals surface area contributed by atoms with E-state index in [4.69, 9.17) is 4.42 Å². The van der Waals surface area contributed by atoms with Crippen molar-refractivity contribution < 1.29 is 14.3 Å². The van der Waals surface area contributed by atoms with Gasteiger partial charge in [0.15, 0.2) is 0 Å². The molecule has 0 unspecified atom stereocenters. The van der Waals surface area contributed by atoms with Crippen LogP contribution in [0.25, 0.3) is 11.5 Å². The Balaban J connectivity index is 1.63. The van der Waals surface area contributed by atoms with Gasteiger partial charge in [-0.1, -0.05) is 38.8 Å². The van der Waals surface area contributed by atoms with Crippen molar-refractivity contribution in [1.82, 2.24) is 10.3 Å². The molecular weight excluding hydrogens is 328 g/mol. The normalized spacial score (nSPS) is 16.2. The van der Waals surface area contributed by atoms with Gasteiger partial charge in [0.05, 0.1) is 17.7 Å². The molecule has 1 fully saturated rings. The van der Waals surface area contributed by atoms with Crippen LogP contribution in [0.5, 0.6) is 0 Å². The Hall–Kier alpha value is -2.14. The molecule has 0 radical (unpaired) electrons. The molecule has 140 valence electrons. The van der Waals surface area contributed by atoms with Crippen LogP contribution < -0.4 is 5.32 Å². The fraction of sp³-hybridized carbons (Fsp3) is 0.524. The number of oxazole rings is 1. The van der Waals surface area contributed by atoms with Crippen LogP contribution in [0.3, 0.4) is 0 Å². The maximum absolute atomic E-state index is 12.2. The highest BCUT2D eigenvalue weighted by Gasteiger charge is 2.31. The summed E-state index contributed by atoms with van der Waals surface area (Å²) in [7, 11) is 0. The highest BCUT2D eigenvalue weighted by Crippen LogP contribution is 2.28. The van der Waals surface area contributed by atoms with Gasteiger partial charge in [-0.05, 0) is 43.4 Å². The van der Waals surface area contributed by atoms with Crippen LogP contribution in [0, 0.1) is 6.92 Å². The van der Waals surface area contributed by atoms with Crippen LogP contribution in [-0.2, 0) is 11.2 Å². The van der Waals surface area contributed by atoms with Crippen molar-refractivity contribution in [3.63, 3.8) is 0 Å². The van der Waals surface area contributed by atoms with Gasteiger partial charge in [0, 0.05) is 12.1 Å². The van der Waals surface area contributed by atoms with E-state index in [1.54, 1.807) is 0 Å². The van der Waals surface area contributed by atoms with Gasteiger partial charge in [-0.2, -0.15) is 0 Å². The summed E-state index contributed by atoms with van der Waals surface area (Å²) < 4.78 is 5.76. The number of nitrogens with one attached hydrogen (secondary N) is 1. The van der Waals surface area contributed by atoms with Crippen molar-refractivity contribution in [2.24, 2.45) is 0 Å². The number of hydrogen-bond donors (Lipinski definition) is 2. The number of amides is 1. The molecule has 2 N–H and O–H groups in total. The average molecular weight is 356 g/mol. The van der Waals surface area contributed by atoms with Crippen LogP contribution in [0.1, 0.15) is 62.5 Å². The Labute approximate surface area is 154 Å². The Bertz CT molecular complexity index is 756. The lowest BCUT2D eigenvalue weighted by molar-refractivity contribution is -0.121. The summed E-state index contributed by atoms with van der Waals surface area (Å²) in [6.07, 6.45) is 3.72. The van der Waals surface area contributed by atoms with Gasteiger partial charge in [0.25, 0.3) is 0 Å². The van der Waals surface area contributed by atoms with Crippen LogP contribution in [-0.4, -0.2) is 28.1 Å². The number of aromatic nitrogens is 1. The van der Waals surface area contributed by atoms with Gasteiger partial charge in [-0.25, -0.2) is 4.98 Å². The van der Waals surface area contributed by atoms with E-state index in [-0.39, 0.29) is 12.3 Å². The van der Waals surface area contributed by atoms with Gasteiger partial charge in [-0.3, -0.25) is 4.79 Å². The third-order valence-electron chi connectivity index (χ3n) is 5.19. The summed E-state index contributed by atoms with van der Waals surface area (Å²) in [6.45, 7) is 6.45. The number of aliphatic hydroxyl groups is 1. The van der Waals surface area contributed by atoms with Crippen molar-refractivity contribution >= 4 is 5.91 Å². The molecule has 1 aliphatic carbocycles. The van der Waals surface area contributed by atoms with Gasteiger partial charge in [-0.15, -0.1) is 0 Å². The van der Waals surface area contributed by atoms with E-state index in [2.05, 4.69) is 36.3 Å². The second-order valence-electron chi connectivity index (χ2n) is 7.68. The Morgan fingerprint density at radius 1 is 1.27 bits per heavy atom. The van der Waals surface area contributed by atoms with E-state index in [9.17, 15) is 9.90 Å². The molecule has 5 heteroatoms. The molecule has 0 aliphatic heterocycles. The molecule has 2 aromatic rings. The predicted octanol–water partition coefficient (Wildman–Crippen LogP) is 3.74. The number of hydrogen-bond acceptors (Lipinski definition) is 4. The zero-order valence-electron chi connectivity index (χ0n) is 15.8. The number of aryl methyl sites for hydroxylation is 1. The molecule has 5 nitrogen and oxygen atoms in total. The summed E-state index contributed by atoms with van der Waals surface area (Å²) in [6, 6.07) is 8.16. The molecule has 3 rings (SSSR count). The molecule has 1 aromatic carbocycles. The lowest BCUT2D eigenvalue weighted by Gasteiger charge is -2.22. The quantitative estimate of drug-likeness (QED) is 0.827. The van der Waals surface area contributed by atoms with Crippen LogP contribution in [0.2, 0.25) is 0 Å². The first kappa shape index (κ1) is 18.6. The number of benzene rings is 1. The fourth-order valence-corrected chi connectivity index (χ4v) is 3.41. The van der Waals surface area contributed by atoms with Crippen molar-refractivity contribution in [2.75, 3.05) is 6.54 Å². The lowest BCUT2D eigenvalue weighted by Crippen LogP contribution is -2.41. The molecule has 1 aromatic heterocycles. The van der Waals surface area contributed by atoms with Crippen molar-refractivity contribution in [3.8, 4) is 11.5 Å². The largest absolute Gasteiger partial charge is 0.441 e. The molecule has 0 bridgehead atoms. The monoisotopic (exact) mass is 356 g/mol. The topological polar surface area (TPSA) is 75.4 Å². The van der Waals surface area contributed by atoms with Gasteiger partial charge >= 0.3 is 0 Å². The summed E-state index contributed by atoms with van der Waals surface area (Å²) in [5, 5.41) is 13.2. The first-order valence-electron chi connectivity index (χ1n) is 9.42. The van der Waals surface area contributed by atoms with E-state index < -0.39 is 5.60 Å². The smallest absolute Gasteiger partial charge is 0.226 e. The summed E-state index contributed by atoms with van der Waals surface area (Å²) >= 11 is 0. The maximum atomic E-state index is 12.2. The lowest BCUT2D eigenvalue weighted by atomic mass is 10.0.